The number of carbonyl (C=O) groups is 2. The Balaban J connectivity index is 1.52. The van der Waals surface area contributed by atoms with Gasteiger partial charge in [0.25, 0.3) is 12.1 Å². The van der Waals surface area contributed by atoms with Crippen molar-refractivity contribution in [2.45, 2.75) is 19.9 Å². The Labute approximate surface area is 199 Å². The zero-order valence-corrected chi connectivity index (χ0v) is 19.5. The molecule has 168 valence electrons. The molecule has 4 rings (SSSR count). The Bertz CT molecular complexity index is 1220. The first kappa shape index (κ1) is 22.8. The molecule has 2 aromatic carbocycles. The monoisotopic (exact) mass is 482 g/mol. The standard InChI is InChI=1S/C23H20ClN5O3S/c1-15(2)28-13-21(32-27-28)26-20(30)14-33-23-25-19(12-16-8-10-17(24)11-9-16)22(31)29(23)18-6-4-3-5-7-18/h3-13,15H,14H2,1-2H3/p+1/b19-12+. The molecule has 0 saturated heterocycles. The Morgan fingerprint density at radius 2 is 1.94 bits per heavy atom. The van der Waals surface area contributed by atoms with Crippen LogP contribution in [0.3, 0.4) is 0 Å². The number of hydrogen-bond acceptors (Lipinski definition) is 6. The number of aromatic nitrogens is 2. The van der Waals surface area contributed by atoms with E-state index in [0.29, 0.717) is 15.9 Å². The van der Waals surface area contributed by atoms with Crippen LogP contribution >= 0.6 is 23.4 Å². The molecule has 33 heavy (non-hydrogen) atoms. The third-order valence-electron chi connectivity index (χ3n) is 4.62. The van der Waals surface area contributed by atoms with Crippen molar-refractivity contribution in [2.75, 3.05) is 16.0 Å². The van der Waals surface area contributed by atoms with Gasteiger partial charge < -0.3 is 0 Å². The topological polar surface area (TPSA) is 91.7 Å². The van der Waals surface area contributed by atoms with E-state index in [2.05, 4.69) is 15.6 Å². The summed E-state index contributed by atoms with van der Waals surface area (Å²) in [4.78, 5) is 31.6. The molecule has 1 aliphatic rings. The fraction of sp³-hybridized carbons (Fsp3) is 0.174. The number of nitrogens with one attached hydrogen (secondary N) is 1. The van der Waals surface area contributed by atoms with Gasteiger partial charge in [-0.15, -0.1) is 0 Å². The van der Waals surface area contributed by atoms with Gasteiger partial charge in [0, 0.05) is 5.02 Å². The minimum absolute atomic E-state index is 0.0338. The Kier molecular flexibility index (Phi) is 6.90. The lowest BCUT2D eigenvalue weighted by Gasteiger charge is -2.17. The van der Waals surface area contributed by atoms with Crippen molar-refractivity contribution in [3.8, 4) is 0 Å². The molecule has 0 bridgehead atoms. The van der Waals surface area contributed by atoms with Crippen LogP contribution in [-0.4, -0.2) is 28.0 Å². The summed E-state index contributed by atoms with van der Waals surface area (Å²) in [7, 11) is 0. The predicted octanol–water partition coefficient (Wildman–Crippen LogP) is 4.31. The smallest absolute Gasteiger partial charge is 0.288 e. The number of para-hydroxylation sites is 1. The summed E-state index contributed by atoms with van der Waals surface area (Å²) < 4.78 is 6.73. The van der Waals surface area contributed by atoms with Crippen molar-refractivity contribution in [1.29, 1.82) is 0 Å². The molecule has 8 nitrogen and oxygen atoms in total. The minimum atomic E-state index is -0.301. The van der Waals surface area contributed by atoms with Crippen LogP contribution in [0.4, 0.5) is 11.6 Å². The van der Waals surface area contributed by atoms with E-state index in [-0.39, 0.29) is 35.2 Å². The van der Waals surface area contributed by atoms with Gasteiger partial charge in [-0.25, -0.2) is 4.99 Å². The summed E-state index contributed by atoms with van der Waals surface area (Å²) in [5.41, 5.74) is 1.74. The quantitative estimate of drug-likeness (QED) is 0.417. The summed E-state index contributed by atoms with van der Waals surface area (Å²) >= 11 is 7.11. The zero-order chi connectivity index (χ0) is 23.4. The lowest BCUT2D eigenvalue weighted by atomic mass is 10.2. The van der Waals surface area contributed by atoms with Gasteiger partial charge in [0.1, 0.15) is 5.70 Å². The van der Waals surface area contributed by atoms with E-state index in [1.807, 2.05) is 56.3 Å². The average molecular weight is 483 g/mol. The van der Waals surface area contributed by atoms with Crippen molar-refractivity contribution < 1.29 is 18.8 Å². The SMILES string of the molecule is CC(C)[n+]1cc(NC(=O)CSC2=N/C(=C/c3ccc(Cl)cc3)C(=O)N2c2ccccc2)on1. The van der Waals surface area contributed by atoms with Crippen LogP contribution in [0.1, 0.15) is 25.5 Å². The number of hydrogen-bond donors (Lipinski definition) is 1. The van der Waals surface area contributed by atoms with Gasteiger partial charge in [-0.05, 0) is 54.4 Å². The first-order valence-electron chi connectivity index (χ1n) is 10.2. The molecule has 0 saturated carbocycles. The highest BCUT2D eigenvalue weighted by Gasteiger charge is 2.32. The number of carbonyl (C=O) groups excluding carboxylic acids is 2. The van der Waals surface area contributed by atoms with Crippen molar-refractivity contribution in [1.82, 2.24) is 5.27 Å². The number of amides is 2. The fourth-order valence-electron chi connectivity index (χ4n) is 2.98. The van der Waals surface area contributed by atoms with Crippen LogP contribution in [0.15, 0.2) is 76.0 Å². The molecular formula is C23H21ClN5O3S+. The molecule has 10 heteroatoms. The highest BCUT2D eigenvalue weighted by Crippen LogP contribution is 2.29. The van der Waals surface area contributed by atoms with Crippen LogP contribution in [-0.2, 0) is 9.59 Å². The fourth-order valence-corrected chi connectivity index (χ4v) is 3.91. The number of anilines is 2. The molecule has 1 aliphatic heterocycles. The highest BCUT2D eigenvalue weighted by molar-refractivity contribution is 8.14. The largest absolute Gasteiger partial charge is 0.302 e. The number of amidine groups is 1. The Morgan fingerprint density at radius 1 is 1.21 bits per heavy atom. The number of nitrogens with zero attached hydrogens (tertiary/aromatic N) is 4. The summed E-state index contributed by atoms with van der Waals surface area (Å²) in [6, 6.07) is 16.4. The van der Waals surface area contributed by atoms with Crippen molar-refractivity contribution in [3.05, 3.63) is 77.1 Å². The number of aliphatic imine (C=N–C) groups is 1. The maximum Gasteiger partial charge on any atom is 0.302 e. The van der Waals surface area contributed by atoms with E-state index in [1.165, 1.54) is 4.90 Å². The molecule has 1 aromatic heterocycles. The molecule has 2 amide bonds. The van der Waals surface area contributed by atoms with Crippen LogP contribution in [0.25, 0.3) is 6.08 Å². The second-order valence-corrected chi connectivity index (χ2v) is 8.81. The predicted molar refractivity (Wildman–Crippen MR) is 129 cm³/mol. The van der Waals surface area contributed by atoms with Crippen LogP contribution in [0, 0.1) is 0 Å². The maximum absolute atomic E-state index is 13.2. The normalized spacial score (nSPS) is 14.8. The van der Waals surface area contributed by atoms with Crippen molar-refractivity contribution in [2.24, 2.45) is 4.99 Å². The summed E-state index contributed by atoms with van der Waals surface area (Å²) in [5, 5.41) is 7.54. The molecule has 0 radical (unpaired) electrons. The molecule has 0 aliphatic carbocycles. The van der Waals surface area contributed by atoms with E-state index in [0.717, 1.165) is 17.3 Å². The molecule has 0 fully saturated rings. The number of halogens is 1. The van der Waals surface area contributed by atoms with Crippen LogP contribution < -0.4 is 14.9 Å². The third kappa shape index (κ3) is 5.50. The summed E-state index contributed by atoms with van der Waals surface area (Å²) in [6.45, 7) is 3.90. The number of thioether (sulfide) groups is 1. The van der Waals surface area contributed by atoms with Crippen LogP contribution in [0.2, 0.25) is 5.02 Å². The summed E-state index contributed by atoms with van der Waals surface area (Å²) in [6.07, 6.45) is 3.31. The Hall–Kier alpha value is -3.43. The summed E-state index contributed by atoms with van der Waals surface area (Å²) in [5.74, 6) is -0.286. The molecule has 2 heterocycles. The first-order chi connectivity index (χ1) is 15.9. The molecule has 0 spiro atoms. The van der Waals surface area contributed by atoms with E-state index < -0.39 is 0 Å². The molecule has 0 unspecified atom stereocenters. The molecular weight excluding hydrogens is 462 g/mol. The average Bonchev–Trinajstić information content (AvgIpc) is 3.39. The van der Waals surface area contributed by atoms with Gasteiger partial charge in [-0.3, -0.25) is 24.3 Å². The van der Waals surface area contributed by atoms with Gasteiger partial charge in [0.15, 0.2) is 11.2 Å². The van der Waals surface area contributed by atoms with Crippen LogP contribution in [0.5, 0.6) is 0 Å². The lowest BCUT2D eigenvalue weighted by molar-refractivity contribution is -0.779. The van der Waals surface area contributed by atoms with Crippen molar-refractivity contribution in [3.63, 3.8) is 0 Å². The van der Waals surface area contributed by atoms with Gasteiger partial charge in [-0.2, -0.15) is 0 Å². The zero-order valence-electron chi connectivity index (χ0n) is 17.9. The molecule has 1 N–H and O–H groups in total. The first-order valence-corrected chi connectivity index (χ1v) is 11.5. The number of rotatable bonds is 6. The van der Waals surface area contributed by atoms with Gasteiger partial charge in [0.05, 0.1) is 11.4 Å². The van der Waals surface area contributed by atoms with Gasteiger partial charge in [-0.1, -0.05) is 53.7 Å². The van der Waals surface area contributed by atoms with Crippen molar-refractivity contribution >= 4 is 58.0 Å². The lowest BCUT2D eigenvalue weighted by Crippen LogP contribution is -2.37. The number of benzene rings is 2. The Morgan fingerprint density at radius 3 is 2.61 bits per heavy atom. The van der Waals surface area contributed by atoms with E-state index in [9.17, 15) is 9.59 Å². The third-order valence-corrected chi connectivity index (χ3v) is 5.81. The molecule has 0 atom stereocenters. The maximum atomic E-state index is 13.2. The second kappa shape index (κ2) is 10.0. The van der Waals surface area contributed by atoms with Gasteiger partial charge in [0.2, 0.25) is 11.2 Å². The van der Waals surface area contributed by atoms with Gasteiger partial charge >= 0.3 is 5.88 Å². The highest BCUT2D eigenvalue weighted by atomic mass is 35.5. The second-order valence-electron chi connectivity index (χ2n) is 7.43. The van der Waals surface area contributed by atoms with E-state index in [1.54, 1.807) is 29.1 Å². The van der Waals surface area contributed by atoms with E-state index >= 15 is 0 Å². The minimum Gasteiger partial charge on any atom is -0.288 e. The van der Waals surface area contributed by atoms with E-state index in [4.69, 9.17) is 16.1 Å². The molecule has 3 aromatic rings.